The first-order chi connectivity index (χ1) is 10.9. The molecule has 2 atom stereocenters. The van der Waals surface area contributed by atoms with Crippen molar-refractivity contribution in [1.29, 1.82) is 0 Å². The van der Waals surface area contributed by atoms with Gasteiger partial charge in [0.15, 0.2) is 0 Å². The van der Waals surface area contributed by atoms with Gasteiger partial charge in [-0.2, -0.15) is 0 Å². The fourth-order valence-electron chi connectivity index (χ4n) is 3.24. The second-order valence-electron chi connectivity index (χ2n) is 6.41. The Balaban J connectivity index is 1.74. The number of urea groups is 1. The largest absolute Gasteiger partial charge is 0.481 e. The van der Waals surface area contributed by atoms with E-state index < -0.39 is 11.9 Å². The molecule has 1 aliphatic rings. The first-order valence-electron chi connectivity index (χ1n) is 7.78. The first-order valence-corrected chi connectivity index (χ1v) is 7.78. The molecule has 1 saturated heterocycles. The summed E-state index contributed by atoms with van der Waals surface area (Å²) >= 11 is 0. The topological polar surface area (TPSA) is 74.6 Å². The van der Waals surface area contributed by atoms with Crippen molar-refractivity contribution in [3.63, 3.8) is 0 Å². The van der Waals surface area contributed by atoms with E-state index in [0.29, 0.717) is 13.0 Å². The van der Waals surface area contributed by atoms with Gasteiger partial charge in [-0.05, 0) is 35.9 Å². The lowest BCUT2D eigenvalue weighted by molar-refractivity contribution is -0.143. The lowest BCUT2D eigenvalue weighted by Crippen LogP contribution is -2.47. The molecule has 1 fully saturated rings. The molecule has 2 aromatic rings. The number of nitrogens with one attached hydrogen (secondary N) is 1. The molecule has 0 saturated carbocycles. The van der Waals surface area contributed by atoms with Crippen molar-refractivity contribution in [1.82, 2.24) is 9.47 Å². The van der Waals surface area contributed by atoms with E-state index in [0.717, 1.165) is 16.6 Å². The van der Waals surface area contributed by atoms with Crippen LogP contribution in [0.2, 0.25) is 0 Å². The second-order valence-corrected chi connectivity index (χ2v) is 6.41. The number of benzene rings is 1. The fraction of sp³-hybridized carbons (Fsp3) is 0.412. The van der Waals surface area contributed by atoms with Gasteiger partial charge in [-0.15, -0.1) is 0 Å². The third kappa shape index (κ3) is 3.16. The van der Waals surface area contributed by atoms with E-state index in [2.05, 4.69) is 5.32 Å². The van der Waals surface area contributed by atoms with E-state index in [1.807, 2.05) is 49.0 Å². The molecule has 0 spiro atoms. The summed E-state index contributed by atoms with van der Waals surface area (Å²) in [6.45, 7) is 2.82. The Morgan fingerprint density at radius 3 is 2.78 bits per heavy atom. The number of carbonyl (C=O) groups is 2. The highest BCUT2D eigenvalue weighted by atomic mass is 16.4. The monoisotopic (exact) mass is 315 g/mol. The number of hydrogen-bond donors (Lipinski definition) is 2. The smallest absolute Gasteiger partial charge is 0.321 e. The number of amides is 2. The van der Waals surface area contributed by atoms with Crippen molar-refractivity contribution in [3.05, 3.63) is 30.5 Å². The van der Waals surface area contributed by atoms with Gasteiger partial charge in [0.1, 0.15) is 0 Å². The minimum Gasteiger partial charge on any atom is -0.481 e. The summed E-state index contributed by atoms with van der Waals surface area (Å²) in [6.07, 6.45) is 2.59. The Morgan fingerprint density at radius 1 is 1.26 bits per heavy atom. The van der Waals surface area contributed by atoms with E-state index in [1.165, 1.54) is 0 Å². The molecule has 2 N–H and O–H groups in total. The summed E-state index contributed by atoms with van der Waals surface area (Å²) in [7, 11) is 1.96. The van der Waals surface area contributed by atoms with Gasteiger partial charge in [-0.1, -0.05) is 13.0 Å². The minimum atomic E-state index is -0.834. The molecule has 0 aliphatic carbocycles. The van der Waals surface area contributed by atoms with Gasteiger partial charge < -0.3 is 19.9 Å². The lowest BCUT2D eigenvalue weighted by Gasteiger charge is -2.34. The minimum absolute atomic E-state index is 0.186. The van der Waals surface area contributed by atoms with Gasteiger partial charge in [0, 0.05) is 37.5 Å². The number of aryl methyl sites for hydroxylation is 1. The number of carboxylic acid groups (broad SMARTS) is 1. The molecule has 6 heteroatoms. The van der Waals surface area contributed by atoms with Gasteiger partial charge in [0.25, 0.3) is 0 Å². The Morgan fingerprint density at radius 2 is 2.04 bits per heavy atom. The van der Waals surface area contributed by atoms with Crippen LogP contribution in [0.3, 0.4) is 0 Å². The highest BCUT2D eigenvalue weighted by Crippen LogP contribution is 2.24. The van der Waals surface area contributed by atoms with E-state index in [4.69, 9.17) is 0 Å². The zero-order chi connectivity index (χ0) is 16.6. The summed E-state index contributed by atoms with van der Waals surface area (Å²) < 4.78 is 1.99. The number of rotatable bonds is 2. The number of hydrogen-bond acceptors (Lipinski definition) is 2. The highest BCUT2D eigenvalue weighted by molar-refractivity contribution is 5.93. The van der Waals surface area contributed by atoms with Crippen LogP contribution in [0.15, 0.2) is 30.5 Å². The molecule has 122 valence electrons. The van der Waals surface area contributed by atoms with Crippen LogP contribution in [0.1, 0.15) is 13.3 Å². The van der Waals surface area contributed by atoms with Crippen molar-refractivity contribution in [3.8, 4) is 0 Å². The number of aliphatic carboxylic acids is 1. The average Bonchev–Trinajstić information content (AvgIpc) is 2.87. The third-order valence-corrected chi connectivity index (χ3v) is 4.44. The first kappa shape index (κ1) is 15.4. The molecule has 1 aliphatic heterocycles. The zero-order valence-electron chi connectivity index (χ0n) is 13.3. The van der Waals surface area contributed by atoms with Crippen LogP contribution in [-0.4, -0.2) is 39.7 Å². The number of anilines is 1. The van der Waals surface area contributed by atoms with Crippen molar-refractivity contribution in [2.45, 2.75) is 13.3 Å². The predicted molar refractivity (Wildman–Crippen MR) is 88.4 cm³/mol. The van der Waals surface area contributed by atoms with Gasteiger partial charge in [-0.25, -0.2) is 4.79 Å². The Hall–Kier alpha value is -2.50. The second kappa shape index (κ2) is 5.95. The van der Waals surface area contributed by atoms with Crippen molar-refractivity contribution < 1.29 is 14.7 Å². The highest BCUT2D eigenvalue weighted by Gasteiger charge is 2.31. The van der Waals surface area contributed by atoms with E-state index in [9.17, 15) is 14.7 Å². The summed E-state index contributed by atoms with van der Waals surface area (Å²) in [4.78, 5) is 25.3. The van der Waals surface area contributed by atoms with E-state index in [-0.39, 0.29) is 18.5 Å². The standard InChI is InChI=1S/C17H21N3O3/c1-11-7-13(16(21)22)10-20(9-11)17(23)18-14-4-3-12-5-6-19(2)15(12)8-14/h3-6,8,11,13H,7,9-10H2,1-2H3,(H,18,23)(H,21,22). The number of likely N-dealkylation sites (tertiary alicyclic amines) is 1. The van der Waals surface area contributed by atoms with Gasteiger partial charge in [-0.3, -0.25) is 4.79 Å². The van der Waals surface area contributed by atoms with Crippen LogP contribution < -0.4 is 5.32 Å². The Bertz CT molecular complexity index is 753. The molecule has 2 heterocycles. The molecule has 6 nitrogen and oxygen atoms in total. The summed E-state index contributed by atoms with van der Waals surface area (Å²) in [5.74, 6) is -1.13. The van der Waals surface area contributed by atoms with Gasteiger partial charge >= 0.3 is 12.0 Å². The van der Waals surface area contributed by atoms with Crippen molar-refractivity contribution >= 4 is 28.6 Å². The Kier molecular flexibility index (Phi) is 3.98. The van der Waals surface area contributed by atoms with Gasteiger partial charge in [0.05, 0.1) is 5.92 Å². The molecule has 3 rings (SSSR count). The molecule has 0 radical (unpaired) electrons. The third-order valence-electron chi connectivity index (χ3n) is 4.44. The van der Waals surface area contributed by atoms with Crippen molar-refractivity contribution in [2.75, 3.05) is 18.4 Å². The zero-order valence-corrected chi connectivity index (χ0v) is 13.3. The maximum Gasteiger partial charge on any atom is 0.321 e. The summed E-state index contributed by atoms with van der Waals surface area (Å²) in [6, 6.07) is 7.53. The molecule has 23 heavy (non-hydrogen) atoms. The van der Waals surface area contributed by atoms with E-state index >= 15 is 0 Å². The number of aromatic nitrogens is 1. The maximum absolute atomic E-state index is 12.5. The average molecular weight is 315 g/mol. The van der Waals surface area contributed by atoms with Crippen LogP contribution in [0.5, 0.6) is 0 Å². The number of carbonyl (C=O) groups excluding carboxylic acids is 1. The van der Waals surface area contributed by atoms with Crippen LogP contribution in [0.4, 0.5) is 10.5 Å². The van der Waals surface area contributed by atoms with Gasteiger partial charge in [0.2, 0.25) is 0 Å². The molecular formula is C17H21N3O3. The van der Waals surface area contributed by atoms with Crippen LogP contribution in [-0.2, 0) is 11.8 Å². The quantitative estimate of drug-likeness (QED) is 0.895. The maximum atomic E-state index is 12.5. The number of nitrogens with zero attached hydrogens (tertiary/aromatic N) is 2. The number of carboxylic acids is 1. The van der Waals surface area contributed by atoms with Crippen LogP contribution >= 0.6 is 0 Å². The molecular weight excluding hydrogens is 294 g/mol. The molecule has 1 aromatic carbocycles. The molecule has 2 amide bonds. The lowest BCUT2D eigenvalue weighted by atomic mass is 9.91. The number of fused-ring (bicyclic) bond motifs is 1. The Labute approximate surface area is 134 Å². The fourth-order valence-corrected chi connectivity index (χ4v) is 3.24. The predicted octanol–water partition coefficient (Wildman–Crippen LogP) is 2.75. The SMILES string of the molecule is CC1CC(C(=O)O)CN(C(=O)Nc2ccc3ccn(C)c3c2)C1. The molecule has 1 aromatic heterocycles. The molecule has 0 bridgehead atoms. The number of piperidine rings is 1. The summed E-state index contributed by atoms with van der Waals surface area (Å²) in [5.41, 5.74) is 1.76. The molecule has 2 unspecified atom stereocenters. The van der Waals surface area contributed by atoms with E-state index in [1.54, 1.807) is 4.90 Å². The van der Waals surface area contributed by atoms with Crippen LogP contribution in [0, 0.1) is 11.8 Å². The normalized spacial score (nSPS) is 21.4. The summed E-state index contributed by atoms with van der Waals surface area (Å²) in [5, 5.41) is 13.2. The van der Waals surface area contributed by atoms with Crippen molar-refractivity contribution in [2.24, 2.45) is 18.9 Å². The van der Waals surface area contributed by atoms with Crippen LogP contribution in [0.25, 0.3) is 10.9 Å².